The van der Waals surface area contributed by atoms with Crippen LogP contribution in [0.4, 0.5) is 23.5 Å². The van der Waals surface area contributed by atoms with Crippen LogP contribution >= 0.6 is 0 Å². The van der Waals surface area contributed by atoms with E-state index in [4.69, 9.17) is 4.74 Å². The highest BCUT2D eigenvalue weighted by Crippen LogP contribution is 2.31. The summed E-state index contributed by atoms with van der Waals surface area (Å²) in [6, 6.07) is 5.96. The molecule has 0 amide bonds. The molecule has 15 heteroatoms. The third-order valence-corrected chi connectivity index (χ3v) is 6.87. The Morgan fingerprint density at radius 2 is 1.60 bits per heavy atom. The zero-order valence-electron chi connectivity index (χ0n) is 18.7. The summed E-state index contributed by atoms with van der Waals surface area (Å²) in [5.41, 5.74) is 0.192. The second-order valence-electron chi connectivity index (χ2n) is 7.74. The maximum Gasteiger partial charge on any atom is 0.294 e. The van der Waals surface area contributed by atoms with E-state index in [1.54, 1.807) is 0 Å². The van der Waals surface area contributed by atoms with Crippen molar-refractivity contribution in [2.45, 2.75) is 23.1 Å². The molecule has 0 radical (unpaired) electrons. The van der Waals surface area contributed by atoms with Gasteiger partial charge in [-0.3, -0.25) is 9.11 Å². The SMILES string of the molecule is CCCNc1nc(Nc2cc(S(=O)(=O)O)cc3cc(S(=O)(=O)O)ccc23)nc(N2CCOCC2)n1. The summed E-state index contributed by atoms with van der Waals surface area (Å²) in [5.74, 6) is 0.816. The molecule has 1 aliphatic heterocycles. The van der Waals surface area contributed by atoms with Gasteiger partial charge in [-0.2, -0.15) is 31.8 Å². The summed E-state index contributed by atoms with van der Waals surface area (Å²) < 4.78 is 71.3. The molecule has 0 unspecified atom stereocenters. The Balaban J connectivity index is 1.82. The van der Waals surface area contributed by atoms with Crippen molar-refractivity contribution in [2.24, 2.45) is 0 Å². The minimum Gasteiger partial charge on any atom is -0.378 e. The Kier molecular flexibility index (Phi) is 7.05. The average Bonchev–Trinajstić information content (AvgIpc) is 2.81. The Hall–Kier alpha value is -3.11. The zero-order valence-corrected chi connectivity index (χ0v) is 20.3. The number of hydrogen-bond donors (Lipinski definition) is 4. The van der Waals surface area contributed by atoms with Crippen LogP contribution in [0.3, 0.4) is 0 Å². The summed E-state index contributed by atoms with van der Waals surface area (Å²) >= 11 is 0. The first-order valence-electron chi connectivity index (χ1n) is 10.7. The molecule has 0 spiro atoms. The minimum atomic E-state index is -4.64. The molecular weight excluding hydrogens is 500 g/mol. The van der Waals surface area contributed by atoms with E-state index in [2.05, 4.69) is 25.6 Å². The quantitative estimate of drug-likeness (QED) is 0.314. The van der Waals surface area contributed by atoms with Crippen LogP contribution in [-0.4, -0.2) is 73.7 Å². The summed E-state index contributed by atoms with van der Waals surface area (Å²) in [7, 11) is -9.18. The van der Waals surface area contributed by atoms with Gasteiger partial charge in [-0.15, -0.1) is 0 Å². The van der Waals surface area contributed by atoms with Gasteiger partial charge in [0.15, 0.2) is 0 Å². The van der Waals surface area contributed by atoms with E-state index < -0.39 is 30.0 Å². The van der Waals surface area contributed by atoms with E-state index in [1.165, 1.54) is 18.2 Å². The third-order valence-electron chi connectivity index (χ3n) is 5.19. The van der Waals surface area contributed by atoms with E-state index in [0.717, 1.165) is 18.6 Å². The van der Waals surface area contributed by atoms with Crippen LogP contribution < -0.4 is 15.5 Å². The van der Waals surface area contributed by atoms with Crippen LogP contribution in [-0.2, 0) is 25.0 Å². The number of morpholine rings is 1. The van der Waals surface area contributed by atoms with Gasteiger partial charge in [0.1, 0.15) is 0 Å². The lowest BCUT2D eigenvalue weighted by Gasteiger charge is -2.27. The first-order valence-corrected chi connectivity index (χ1v) is 13.5. The molecule has 0 bridgehead atoms. The lowest BCUT2D eigenvalue weighted by Crippen LogP contribution is -2.37. The predicted molar refractivity (Wildman–Crippen MR) is 128 cm³/mol. The lowest BCUT2D eigenvalue weighted by atomic mass is 10.1. The molecule has 3 aromatic rings. The van der Waals surface area contributed by atoms with Crippen LogP contribution in [0, 0.1) is 0 Å². The first-order chi connectivity index (χ1) is 16.5. The van der Waals surface area contributed by atoms with Gasteiger partial charge in [-0.05, 0) is 36.1 Å². The number of hydrogen-bond acceptors (Lipinski definition) is 11. The van der Waals surface area contributed by atoms with Crippen molar-refractivity contribution in [3.8, 4) is 0 Å². The number of nitrogens with one attached hydrogen (secondary N) is 2. The number of aromatic nitrogens is 3. The maximum absolute atomic E-state index is 11.9. The summed E-state index contributed by atoms with van der Waals surface area (Å²) in [6.07, 6.45) is 0.832. The van der Waals surface area contributed by atoms with Crippen LogP contribution in [0.1, 0.15) is 13.3 Å². The molecule has 188 valence electrons. The van der Waals surface area contributed by atoms with Crippen molar-refractivity contribution < 1.29 is 30.7 Å². The fourth-order valence-corrected chi connectivity index (χ4v) is 4.55. The molecule has 0 saturated carbocycles. The van der Waals surface area contributed by atoms with Gasteiger partial charge in [0, 0.05) is 25.0 Å². The van der Waals surface area contributed by atoms with E-state index in [0.29, 0.717) is 50.1 Å². The van der Waals surface area contributed by atoms with Crippen LogP contribution in [0.5, 0.6) is 0 Å². The lowest BCUT2D eigenvalue weighted by molar-refractivity contribution is 0.122. The van der Waals surface area contributed by atoms with Crippen LogP contribution in [0.15, 0.2) is 40.1 Å². The normalized spacial score (nSPS) is 14.8. The minimum absolute atomic E-state index is 0.104. The number of benzene rings is 2. The molecule has 0 atom stereocenters. The molecule has 4 N–H and O–H groups in total. The van der Waals surface area contributed by atoms with E-state index in [9.17, 15) is 25.9 Å². The Labute approximate surface area is 202 Å². The molecule has 2 aromatic carbocycles. The Morgan fingerprint density at radius 1 is 0.943 bits per heavy atom. The van der Waals surface area contributed by atoms with Gasteiger partial charge >= 0.3 is 0 Å². The molecule has 1 aliphatic rings. The summed E-state index contributed by atoms with van der Waals surface area (Å²) in [5, 5.41) is 6.62. The third kappa shape index (κ3) is 5.94. The summed E-state index contributed by atoms with van der Waals surface area (Å²) in [4.78, 5) is 14.3. The Bertz CT molecular complexity index is 1450. The molecule has 2 heterocycles. The molecular formula is C20H24N6O7S2. The highest BCUT2D eigenvalue weighted by molar-refractivity contribution is 7.86. The second kappa shape index (κ2) is 9.87. The molecule has 4 rings (SSSR count). The molecule has 1 saturated heterocycles. The smallest absolute Gasteiger partial charge is 0.294 e. The van der Waals surface area contributed by atoms with Crippen molar-refractivity contribution in [2.75, 3.05) is 48.4 Å². The fourth-order valence-electron chi connectivity index (χ4n) is 3.49. The standard InChI is InChI=1S/C20H24N6O7S2/c1-2-5-21-18-23-19(25-20(24-18)26-6-8-33-9-7-26)22-17-12-15(35(30,31)32)11-13-10-14(34(27,28)29)3-4-16(13)17/h3-4,10-12H,2,5-9H2,1H3,(H,27,28,29)(H,30,31,32)(H2,21,22,23,24,25). The second-order valence-corrected chi connectivity index (χ2v) is 10.6. The molecule has 0 aliphatic carbocycles. The number of fused-ring (bicyclic) bond motifs is 1. The van der Waals surface area contributed by atoms with Crippen molar-refractivity contribution in [1.82, 2.24) is 15.0 Å². The first kappa shape index (κ1) is 25.0. The molecule has 13 nitrogen and oxygen atoms in total. The van der Waals surface area contributed by atoms with E-state index in [-0.39, 0.29) is 17.0 Å². The highest BCUT2D eigenvalue weighted by Gasteiger charge is 2.20. The maximum atomic E-state index is 11.9. The van der Waals surface area contributed by atoms with Gasteiger partial charge in [0.2, 0.25) is 17.8 Å². The van der Waals surface area contributed by atoms with Gasteiger partial charge in [-0.1, -0.05) is 13.0 Å². The van der Waals surface area contributed by atoms with Gasteiger partial charge in [0.05, 0.1) is 28.7 Å². The monoisotopic (exact) mass is 524 g/mol. The number of ether oxygens (including phenoxy) is 1. The molecule has 35 heavy (non-hydrogen) atoms. The van der Waals surface area contributed by atoms with Crippen LogP contribution in [0.2, 0.25) is 0 Å². The van der Waals surface area contributed by atoms with E-state index in [1.807, 2.05) is 11.8 Å². The van der Waals surface area contributed by atoms with Gasteiger partial charge in [0.25, 0.3) is 20.2 Å². The van der Waals surface area contributed by atoms with Gasteiger partial charge < -0.3 is 20.3 Å². The van der Waals surface area contributed by atoms with Crippen molar-refractivity contribution in [3.63, 3.8) is 0 Å². The van der Waals surface area contributed by atoms with Crippen molar-refractivity contribution in [3.05, 3.63) is 30.3 Å². The van der Waals surface area contributed by atoms with Crippen LogP contribution in [0.25, 0.3) is 10.8 Å². The number of rotatable bonds is 8. The highest BCUT2D eigenvalue weighted by atomic mass is 32.2. The largest absolute Gasteiger partial charge is 0.378 e. The summed E-state index contributed by atoms with van der Waals surface area (Å²) in [6.45, 7) is 4.80. The predicted octanol–water partition coefficient (Wildman–Crippen LogP) is 1.92. The molecule has 1 aromatic heterocycles. The topological polar surface area (TPSA) is 184 Å². The Morgan fingerprint density at radius 3 is 2.26 bits per heavy atom. The fraction of sp³-hybridized carbons (Fsp3) is 0.350. The van der Waals surface area contributed by atoms with Crippen molar-refractivity contribution in [1.29, 1.82) is 0 Å². The van der Waals surface area contributed by atoms with Crippen molar-refractivity contribution >= 4 is 54.5 Å². The van der Waals surface area contributed by atoms with Gasteiger partial charge in [-0.25, -0.2) is 0 Å². The van der Waals surface area contributed by atoms with E-state index >= 15 is 0 Å². The number of nitrogens with zero attached hydrogens (tertiary/aromatic N) is 4. The molecule has 1 fully saturated rings. The number of anilines is 4. The average molecular weight is 525 g/mol. The zero-order chi connectivity index (χ0) is 25.2.